The third kappa shape index (κ3) is 8.31. The van der Waals surface area contributed by atoms with Gasteiger partial charge in [-0.2, -0.15) is 0 Å². The molecule has 0 aliphatic carbocycles. The highest BCUT2D eigenvalue weighted by molar-refractivity contribution is 7.10. The van der Waals surface area contributed by atoms with E-state index in [0.717, 1.165) is 44.7 Å². The van der Waals surface area contributed by atoms with Gasteiger partial charge in [0.05, 0.1) is 34.8 Å². The van der Waals surface area contributed by atoms with Gasteiger partial charge < -0.3 is 24.3 Å². The Kier molecular flexibility index (Phi) is 12.1. The number of thiazole rings is 1. The Labute approximate surface area is 326 Å². The number of benzene rings is 1. The molecule has 1 aromatic carbocycles. The number of hydrazine groups is 1. The lowest BCUT2D eigenvalue weighted by Crippen LogP contribution is -2.61. The van der Waals surface area contributed by atoms with Crippen LogP contribution in [-0.2, 0) is 48.0 Å². The molecule has 0 spiro atoms. The number of amides is 3. The number of pyridine rings is 1. The number of aryl methyl sites for hydroxylation is 1. The van der Waals surface area contributed by atoms with Crippen molar-refractivity contribution in [2.75, 3.05) is 27.3 Å². The molecule has 6 rings (SSSR count). The Morgan fingerprint density at radius 2 is 2.02 bits per heavy atom. The van der Waals surface area contributed by atoms with Crippen molar-refractivity contribution in [3.05, 3.63) is 58.2 Å². The number of nitrogens with zero attached hydrogens (tertiary/aromatic N) is 5. The molecular weight excluding hydrogens is 719 g/mol. The topological polar surface area (TPSA) is 148 Å². The number of hydrogen-bond acceptors (Lipinski definition) is 10. The lowest BCUT2D eigenvalue weighted by molar-refractivity contribution is -0.155. The van der Waals surface area contributed by atoms with E-state index in [1.807, 2.05) is 32.2 Å². The summed E-state index contributed by atoms with van der Waals surface area (Å²) in [6.07, 6.45) is 3.95. The fourth-order valence-electron chi connectivity index (χ4n) is 7.84. The van der Waals surface area contributed by atoms with E-state index in [-0.39, 0.29) is 25.0 Å². The molecule has 2 N–H and O–H groups in total. The smallest absolute Gasteiger partial charge is 0.324 e. The SMILES string of the molecule is CCn1c(-c2cccnc2[C@H](C)OC)c2c3cc(ccc31)-c1csc(n1)C[C@H](NC(=O)[C@H](C(C)C)N(C)C=O)C(=O)N1CCC[C@H](N1)C(=O)OCC(C)(C)C2. The quantitative estimate of drug-likeness (QED) is 0.171. The van der Waals surface area contributed by atoms with E-state index in [4.69, 9.17) is 19.4 Å². The minimum Gasteiger partial charge on any atom is -0.464 e. The summed E-state index contributed by atoms with van der Waals surface area (Å²) in [5, 5.41) is 8.06. The van der Waals surface area contributed by atoms with Crippen molar-refractivity contribution in [2.45, 2.75) is 98.0 Å². The number of fused-ring (bicyclic) bond motifs is 6. The summed E-state index contributed by atoms with van der Waals surface area (Å²) in [7, 11) is 3.24. The normalized spacial score (nSPS) is 20.1. The van der Waals surface area contributed by atoms with Gasteiger partial charge in [-0.1, -0.05) is 33.8 Å². The second-order valence-electron chi connectivity index (χ2n) is 15.7. The average Bonchev–Trinajstić information content (AvgIpc) is 3.77. The van der Waals surface area contributed by atoms with Gasteiger partial charge in [-0.3, -0.25) is 29.2 Å². The van der Waals surface area contributed by atoms with Crippen molar-refractivity contribution in [2.24, 2.45) is 11.3 Å². The van der Waals surface area contributed by atoms with Crippen LogP contribution in [0.25, 0.3) is 33.4 Å². The maximum Gasteiger partial charge on any atom is 0.324 e. The summed E-state index contributed by atoms with van der Waals surface area (Å²) >= 11 is 1.42. The minimum atomic E-state index is -1.01. The van der Waals surface area contributed by atoms with Gasteiger partial charge in [0.15, 0.2) is 0 Å². The number of hydrogen-bond donors (Lipinski definition) is 2. The zero-order valence-corrected chi connectivity index (χ0v) is 33.9. The summed E-state index contributed by atoms with van der Waals surface area (Å²) in [5.41, 5.74) is 9.36. The molecule has 13 nitrogen and oxygen atoms in total. The highest BCUT2D eigenvalue weighted by atomic mass is 32.1. The average molecular weight is 772 g/mol. The molecule has 294 valence electrons. The van der Waals surface area contributed by atoms with Crippen molar-refractivity contribution >= 4 is 46.4 Å². The monoisotopic (exact) mass is 771 g/mol. The number of methoxy groups -OCH3 is 1. The van der Waals surface area contributed by atoms with E-state index in [1.165, 1.54) is 21.2 Å². The van der Waals surface area contributed by atoms with Gasteiger partial charge in [0.1, 0.15) is 18.1 Å². The van der Waals surface area contributed by atoms with Crippen molar-refractivity contribution in [1.29, 1.82) is 0 Å². The summed E-state index contributed by atoms with van der Waals surface area (Å²) in [6.45, 7) is 13.2. The van der Waals surface area contributed by atoms with Crippen LogP contribution in [0.1, 0.15) is 76.8 Å². The maximum atomic E-state index is 14.2. The van der Waals surface area contributed by atoms with E-state index in [9.17, 15) is 19.2 Å². The second kappa shape index (κ2) is 16.6. The molecule has 3 aromatic heterocycles. The zero-order valence-electron chi connectivity index (χ0n) is 33.0. The lowest BCUT2D eigenvalue weighted by Gasteiger charge is -2.36. The number of esters is 1. The van der Waals surface area contributed by atoms with E-state index in [1.54, 1.807) is 20.4 Å². The van der Waals surface area contributed by atoms with Gasteiger partial charge in [0, 0.05) is 72.7 Å². The zero-order chi connectivity index (χ0) is 39.6. The van der Waals surface area contributed by atoms with E-state index in [2.05, 4.69) is 60.3 Å². The fraction of sp³-hybridized carbons (Fsp3) is 0.512. The van der Waals surface area contributed by atoms with Crippen LogP contribution in [0.5, 0.6) is 0 Å². The highest BCUT2D eigenvalue weighted by Crippen LogP contribution is 2.42. The molecule has 1 saturated heterocycles. The molecule has 0 saturated carbocycles. The minimum absolute atomic E-state index is 0.123. The van der Waals surface area contributed by atoms with Crippen molar-refractivity contribution in [3.8, 4) is 22.5 Å². The van der Waals surface area contributed by atoms with Crippen LogP contribution in [0, 0.1) is 11.3 Å². The van der Waals surface area contributed by atoms with E-state index in [0.29, 0.717) is 43.8 Å². The van der Waals surface area contributed by atoms with Crippen LogP contribution in [0.3, 0.4) is 0 Å². The summed E-state index contributed by atoms with van der Waals surface area (Å²) < 4.78 is 14.1. The predicted molar refractivity (Wildman–Crippen MR) is 212 cm³/mol. The van der Waals surface area contributed by atoms with Crippen LogP contribution in [0.15, 0.2) is 41.9 Å². The number of likely N-dealkylation sites (N-methyl/N-ethyl adjacent to an activating group) is 1. The van der Waals surface area contributed by atoms with Gasteiger partial charge in [-0.25, -0.2) is 10.4 Å². The largest absolute Gasteiger partial charge is 0.464 e. The predicted octanol–water partition coefficient (Wildman–Crippen LogP) is 5.32. The van der Waals surface area contributed by atoms with Crippen LogP contribution in [0.4, 0.5) is 0 Å². The summed E-state index contributed by atoms with van der Waals surface area (Å²) in [6, 6.07) is 7.88. The summed E-state index contributed by atoms with van der Waals surface area (Å²) in [5.74, 6) is -1.48. The molecule has 1 fully saturated rings. The van der Waals surface area contributed by atoms with Gasteiger partial charge in [-0.15, -0.1) is 11.3 Å². The Hall–Kier alpha value is -4.66. The second-order valence-corrected chi connectivity index (χ2v) is 16.7. The Morgan fingerprint density at radius 1 is 1.24 bits per heavy atom. The first-order chi connectivity index (χ1) is 26.3. The molecule has 3 amide bonds. The number of aromatic nitrogens is 3. The third-order valence-electron chi connectivity index (χ3n) is 10.7. The van der Waals surface area contributed by atoms with Crippen molar-refractivity contribution < 1.29 is 28.7 Å². The van der Waals surface area contributed by atoms with E-state index < -0.39 is 41.3 Å². The summed E-state index contributed by atoms with van der Waals surface area (Å²) in [4.78, 5) is 64.4. The number of ether oxygens (including phenoxy) is 2. The fourth-order valence-corrected chi connectivity index (χ4v) is 8.69. The molecule has 2 aliphatic rings. The lowest BCUT2D eigenvalue weighted by atomic mass is 9.84. The standard InChI is InChI=1S/C41H53N7O6S/c1-9-47-33-15-14-26-18-28(33)29(37(47)27-12-10-16-42-35(27)25(4)53-8)20-41(5,6)22-54-40(52)30-13-11-17-48(45-30)39(51)31(19-34-43-32(26)21-55-34)44-38(50)36(24(2)3)46(7)23-49/h10,12,14-16,18,21,23-25,30-31,36,45H,9,11,13,17,19-20,22H2,1-8H3,(H,44,50)/t25-,30-,31-,36-/m0/s1. The number of nitrogens with one attached hydrogen (secondary N) is 2. The van der Waals surface area contributed by atoms with Crippen LogP contribution in [0.2, 0.25) is 0 Å². The third-order valence-corrected chi connectivity index (χ3v) is 11.5. The molecule has 6 bridgehead atoms. The van der Waals surface area contributed by atoms with Gasteiger partial charge in [0.25, 0.3) is 5.91 Å². The number of rotatable bonds is 9. The first-order valence-electron chi connectivity index (χ1n) is 19.1. The van der Waals surface area contributed by atoms with Crippen LogP contribution in [-0.4, -0.2) is 94.1 Å². The Balaban J connectivity index is 1.49. The maximum absolute atomic E-state index is 14.2. The van der Waals surface area contributed by atoms with Crippen LogP contribution >= 0.6 is 11.3 Å². The first-order valence-corrected chi connectivity index (χ1v) is 19.9. The molecule has 14 heteroatoms. The molecule has 4 atom stereocenters. The number of cyclic esters (lactones) is 1. The molecule has 0 unspecified atom stereocenters. The number of carbonyl (C=O) groups excluding carboxylic acids is 4. The molecule has 4 aromatic rings. The van der Waals surface area contributed by atoms with Gasteiger partial charge >= 0.3 is 5.97 Å². The van der Waals surface area contributed by atoms with Crippen molar-refractivity contribution in [3.63, 3.8) is 0 Å². The first kappa shape index (κ1) is 40.0. The van der Waals surface area contributed by atoms with Crippen LogP contribution < -0.4 is 10.7 Å². The van der Waals surface area contributed by atoms with Crippen molar-refractivity contribution in [1.82, 2.24) is 35.2 Å². The van der Waals surface area contributed by atoms with E-state index >= 15 is 0 Å². The Morgan fingerprint density at radius 3 is 2.73 bits per heavy atom. The number of carbonyl (C=O) groups is 4. The molecule has 2 aliphatic heterocycles. The van der Waals surface area contributed by atoms with Gasteiger partial charge in [0.2, 0.25) is 12.3 Å². The highest BCUT2D eigenvalue weighted by Gasteiger charge is 2.37. The molecule has 5 heterocycles. The molecule has 0 radical (unpaired) electrons. The molecule has 55 heavy (non-hydrogen) atoms. The van der Waals surface area contributed by atoms with Gasteiger partial charge in [-0.05, 0) is 68.9 Å². The Bertz CT molecular complexity index is 2060. The molecular formula is C41H53N7O6S.